The summed E-state index contributed by atoms with van der Waals surface area (Å²) >= 11 is 0. The fourth-order valence-electron chi connectivity index (χ4n) is 1.87. The third-order valence-corrected chi connectivity index (χ3v) is 2.61. The van der Waals surface area contributed by atoms with Crippen LogP contribution in [0.5, 0.6) is 0 Å². The van der Waals surface area contributed by atoms with Crippen LogP contribution in [0.3, 0.4) is 0 Å². The molecule has 17 heavy (non-hydrogen) atoms. The number of rotatable bonds is 1. The van der Waals surface area contributed by atoms with Crippen molar-refractivity contribution in [1.29, 1.82) is 0 Å². The number of allylic oxidation sites excluding steroid dienone is 1. The highest BCUT2D eigenvalue weighted by molar-refractivity contribution is 5.93. The summed E-state index contributed by atoms with van der Waals surface area (Å²) in [5.74, 6) is 0.792. The molecule has 0 aliphatic rings. The summed E-state index contributed by atoms with van der Waals surface area (Å²) in [7, 11) is 0. The van der Waals surface area contributed by atoms with E-state index < -0.39 is 0 Å². The van der Waals surface area contributed by atoms with Gasteiger partial charge >= 0.3 is 5.63 Å². The Hall–Kier alpha value is -2.29. The summed E-state index contributed by atoms with van der Waals surface area (Å²) in [5, 5.41) is 1.89. The van der Waals surface area contributed by atoms with Crippen LogP contribution in [0.1, 0.15) is 12.7 Å². The quantitative estimate of drug-likeness (QED) is 0.596. The molecule has 0 N–H and O–H groups in total. The van der Waals surface area contributed by atoms with E-state index in [0.29, 0.717) is 5.58 Å². The van der Waals surface area contributed by atoms with Gasteiger partial charge in [-0.1, -0.05) is 6.08 Å². The zero-order valence-electron chi connectivity index (χ0n) is 9.27. The number of benzene rings is 1. The summed E-state index contributed by atoms with van der Waals surface area (Å²) in [4.78, 5) is 11.1. The molecule has 0 saturated carbocycles. The van der Waals surface area contributed by atoms with Crippen molar-refractivity contribution in [2.75, 3.05) is 0 Å². The Labute approximate surface area is 97.0 Å². The minimum absolute atomic E-state index is 0.350. The lowest BCUT2D eigenvalue weighted by Crippen LogP contribution is -1.93. The van der Waals surface area contributed by atoms with E-state index >= 15 is 0 Å². The SMILES string of the molecule is CC=Cc1cc2cc3ccc(=O)oc3cc2o1. The summed E-state index contributed by atoms with van der Waals surface area (Å²) in [5.41, 5.74) is 0.920. The molecule has 2 aromatic heterocycles. The van der Waals surface area contributed by atoms with Gasteiger partial charge in [-0.3, -0.25) is 0 Å². The Balaban J connectivity index is 2.35. The van der Waals surface area contributed by atoms with Gasteiger partial charge in [-0.05, 0) is 31.2 Å². The molecule has 3 rings (SSSR count). The van der Waals surface area contributed by atoms with Crippen LogP contribution < -0.4 is 5.63 Å². The van der Waals surface area contributed by atoms with Gasteiger partial charge in [0.05, 0.1) is 0 Å². The Morgan fingerprint density at radius 2 is 1.82 bits per heavy atom. The topological polar surface area (TPSA) is 43.4 Å². The number of furan rings is 1. The zero-order chi connectivity index (χ0) is 11.8. The van der Waals surface area contributed by atoms with Gasteiger partial charge in [0.1, 0.15) is 16.9 Å². The van der Waals surface area contributed by atoms with Crippen LogP contribution >= 0.6 is 0 Å². The highest BCUT2D eigenvalue weighted by Crippen LogP contribution is 2.25. The van der Waals surface area contributed by atoms with Gasteiger partial charge in [0.25, 0.3) is 0 Å². The monoisotopic (exact) mass is 226 g/mol. The van der Waals surface area contributed by atoms with Crippen molar-refractivity contribution >= 4 is 28.0 Å². The minimum Gasteiger partial charge on any atom is -0.457 e. The number of hydrogen-bond acceptors (Lipinski definition) is 3. The summed E-state index contributed by atoms with van der Waals surface area (Å²) in [6.45, 7) is 1.93. The van der Waals surface area contributed by atoms with Gasteiger partial charge in [0.15, 0.2) is 0 Å². The lowest BCUT2D eigenvalue weighted by atomic mass is 10.2. The Bertz CT molecular complexity index is 775. The van der Waals surface area contributed by atoms with Crippen LogP contribution in [0.2, 0.25) is 0 Å². The molecular weight excluding hydrogens is 216 g/mol. The predicted octanol–water partition coefficient (Wildman–Crippen LogP) is 3.57. The maximum Gasteiger partial charge on any atom is 0.336 e. The predicted molar refractivity (Wildman–Crippen MR) is 67.0 cm³/mol. The number of fused-ring (bicyclic) bond motifs is 2. The van der Waals surface area contributed by atoms with Gasteiger partial charge in [0, 0.05) is 22.9 Å². The molecule has 0 unspecified atom stereocenters. The van der Waals surface area contributed by atoms with Crippen molar-refractivity contribution in [1.82, 2.24) is 0 Å². The first-order valence-electron chi connectivity index (χ1n) is 5.36. The van der Waals surface area contributed by atoms with E-state index in [9.17, 15) is 4.79 Å². The van der Waals surface area contributed by atoms with Gasteiger partial charge in [-0.25, -0.2) is 4.79 Å². The van der Waals surface area contributed by atoms with E-state index in [1.54, 1.807) is 12.1 Å². The third-order valence-electron chi connectivity index (χ3n) is 2.61. The largest absolute Gasteiger partial charge is 0.457 e. The highest BCUT2D eigenvalue weighted by Gasteiger charge is 2.05. The molecule has 0 amide bonds. The molecule has 84 valence electrons. The van der Waals surface area contributed by atoms with Crippen molar-refractivity contribution in [3.8, 4) is 0 Å². The molecule has 0 saturated heterocycles. The maximum absolute atomic E-state index is 11.1. The Kier molecular flexibility index (Phi) is 2.11. The van der Waals surface area contributed by atoms with Crippen LogP contribution in [0.4, 0.5) is 0 Å². The summed E-state index contributed by atoms with van der Waals surface area (Å²) in [6.07, 6.45) is 3.80. The number of hydrogen-bond donors (Lipinski definition) is 0. The van der Waals surface area contributed by atoms with Crippen LogP contribution in [0, 0.1) is 0 Å². The summed E-state index contributed by atoms with van der Waals surface area (Å²) in [6, 6.07) is 8.83. The molecule has 3 heteroatoms. The van der Waals surface area contributed by atoms with Gasteiger partial charge in [-0.2, -0.15) is 0 Å². The first kappa shape index (κ1) is 9.90. The molecule has 3 aromatic rings. The van der Waals surface area contributed by atoms with Crippen molar-refractivity contribution in [2.45, 2.75) is 6.92 Å². The van der Waals surface area contributed by atoms with Crippen LogP contribution in [-0.4, -0.2) is 0 Å². The Morgan fingerprint density at radius 3 is 2.65 bits per heavy atom. The maximum atomic E-state index is 11.1. The average Bonchev–Trinajstić information content (AvgIpc) is 2.67. The standard InChI is InChI=1S/C14H10O3/c1-2-3-11-7-10-6-9-4-5-14(15)17-12(9)8-13(10)16-11/h2-8H,1H3. The lowest BCUT2D eigenvalue weighted by Gasteiger charge is -1.94. The average molecular weight is 226 g/mol. The smallest absolute Gasteiger partial charge is 0.336 e. The fourth-order valence-corrected chi connectivity index (χ4v) is 1.87. The van der Waals surface area contributed by atoms with E-state index in [1.165, 1.54) is 6.07 Å². The van der Waals surface area contributed by atoms with Crippen LogP contribution in [-0.2, 0) is 0 Å². The zero-order valence-corrected chi connectivity index (χ0v) is 9.27. The van der Waals surface area contributed by atoms with Crippen molar-refractivity contribution < 1.29 is 8.83 Å². The first-order chi connectivity index (χ1) is 8.26. The third kappa shape index (κ3) is 1.65. The van der Waals surface area contributed by atoms with E-state index in [2.05, 4.69) is 0 Å². The first-order valence-corrected chi connectivity index (χ1v) is 5.36. The molecule has 0 spiro atoms. The second-order valence-corrected chi connectivity index (χ2v) is 3.83. The fraction of sp³-hybridized carbons (Fsp3) is 0.0714. The molecule has 3 nitrogen and oxygen atoms in total. The van der Waals surface area contributed by atoms with Crippen molar-refractivity contribution in [2.24, 2.45) is 0 Å². The van der Waals surface area contributed by atoms with Crippen molar-refractivity contribution in [3.63, 3.8) is 0 Å². The second kappa shape index (κ2) is 3.63. The molecule has 0 aliphatic heterocycles. The highest BCUT2D eigenvalue weighted by atomic mass is 16.4. The molecule has 0 fully saturated rings. The summed E-state index contributed by atoms with van der Waals surface area (Å²) < 4.78 is 10.7. The van der Waals surface area contributed by atoms with Gasteiger partial charge in [0.2, 0.25) is 0 Å². The Morgan fingerprint density at radius 1 is 1.00 bits per heavy atom. The van der Waals surface area contributed by atoms with E-state index in [-0.39, 0.29) is 5.63 Å². The van der Waals surface area contributed by atoms with Gasteiger partial charge in [-0.15, -0.1) is 0 Å². The van der Waals surface area contributed by atoms with Gasteiger partial charge < -0.3 is 8.83 Å². The van der Waals surface area contributed by atoms with Crippen LogP contribution in [0.25, 0.3) is 28.0 Å². The van der Waals surface area contributed by atoms with E-state index in [0.717, 1.165) is 22.1 Å². The molecule has 0 atom stereocenters. The molecule has 1 aromatic carbocycles. The molecule has 0 bridgehead atoms. The molecule has 0 aliphatic carbocycles. The normalized spacial score (nSPS) is 11.8. The molecule has 2 heterocycles. The van der Waals surface area contributed by atoms with Crippen LogP contribution in [0.15, 0.2) is 50.0 Å². The molecular formula is C14H10O3. The van der Waals surface area contributed by atoms with E-state index in [4.69, 9.17) is 8.83 Å². The second-order valence-electron chi connectivity index (χ2n) is 3.83. The minimum atomic E-state index is -0.350. The van der Waals surface area contributed by atoms with E-state index in [1.807, 2.05) is 31.2 Å². The molecule has 0 radical (unpaired) electrons. The lowest BCUT2D eigenvalue weighted by molar-refractivity contribution is 0.558. The van der Waals surface area contributed by atoms with Crippen molar-refractivity contribution in [3.05, 3.63) is 52.6 Å².